The summed E-state index contributed by atoms with van der Waals surface area (Å²) in [5.41, 5.74) is 6.63. The second kappa shape index (κ2) is 3.64. The van der Waals surface area contributed by atoms with E-state index in [1.165, 1.54) is 0 Å². The van der Waals surface area contributed by atoms with Gasteiger partial charge in [-0.1, -0.05) is 0 Å². The van der Waals surface area contributed by atoms with Crippen LogP contribution in [0.4, 0.5) is 11.4 Å². The van der Waals surface area contributed by atoms with Gasteiger partial charge in [-0.2, -0.15) is 5.26 Å². The van der Waals surface area contributed by atoms with Crippen LogP contribution in [0.2, 0.25) is 0 Å². The molecule has 1 aromatic carbocycles. The molecule has 1 fully saturated rings. The van der Waals surface area contributed by atoms with E-state index in [0.717, 1.165) is 12.8 Å². The number of anilines is 2. The Morgan fingerprint density at radius 2 is 2.28 bits per heavy atom. The summed E-state index contributed by atoms with van der Waals surface area (Å²) in [5, 5.41) is 9.13. The van der Waals surface area contributed by atoms with E-state index in [9.17, 15) is 4.79 Å². The molecule has 0 spiro atoms. The fourth-order valence-corrected chi connectivity index (χ4v) is 2.15. The third-order valence-electron chi connectivity index (χ3n) is 3.48. The topological polar surface area (TPSA) is 79.3 Å². The lowest BCUT2D eigenvalue weighted by atomic mass is 10.1. The zero-order chi connectivity index (χ0) is 12.8. The number of nitrogen functional groups attached to an aromatic ring is 1. The van der Waals surface area contributed by atoms with Crippen LogP contribution in [0.15, 0.2) is 18.2 Å². The molecular formula is C13H13N3O2. The molecule has 1 aliphatic carbocycles. The number of rotatable bonds is 2. The van der Waals surface area contributed by atoms with E-state index in [2.05, 4.69) is 6.07 Å². The number of nitrogens with two attached hydrogens (primary N) is 1. The lowest BCUT2D eigenvalue weighted by Crippen LogP contribution is -2.42. The summed E-state index contributed by atoms with van der Waals surface area (Å²) in [6.45, 7) is 0.459. The Balaban J connectivity index is 1.97. The minimum Gasteiger partial charge on any atom is -0.482 e. The van der Waals surface area contributed by atoms with E-state index in [4.69, 9.17) is 15.7 Å². The van der Waals surface area contributed by atoms with Gasteiger partial charge in [0.2, 0.25) is 0 Å². The average Bonchev–Trinajstić information content (AvgIpc) is 3.14. The van der Waals surface area contributed by atoms with Crippen molar-refractivity contribution in [1.82, 2.24) is 0 Å². The van der Waals surface area contributed by atoms with Gasteiger partial charge in [0.15, 0.2) is 6.61 Å². The second-order valence-electron chi connectivity index (χ2n) is 4.89. The maximum atomic E-state index is 11.9. The number of benzene rings is 1. The molecule has 1 heterocycles. The Bertz CT molecular complexity index is 558. The number of carbonyl (C=O) groups is 1. The van der Waals surface area contributed by atoms with Crippen LogP contribution in [0.5, 0.6) is 5.75 Å². The van der Waals surface area contributed by atoms with E-state index >= 15 is 0 Å². The minimum atomic E-state index is -0.366. The first kappa shape index (κ1) is 10.9. The Morgan fingerprint density at radius 1 is 1.50 bits per heavy atom. The standard InChI is InChI=1S/C13H13N3O2/c14-7-13(3-4-13)8-16-10-5-9(15)1-2-11(10)18-6-12(16)17/h1-2,5H,3-4,6,8,15H2. The molecule has 2 N–H and O–H groups in total. The van der Waals surface area contributed by atoms with E-state index in [1.54, 1.807) is 23.1 Å². The minimum absolute atomic E-state index is 0.0262. The zero-order valence-electron chi connectivity index (χ0n) is 9.85. The van der Waals surface area contributed by atoms with E-state index in [-0.39, 0.29) is 17.9 Å². The molecule has 92 valence electrons. The van der Waals surface area contributed by atoms with Crippen molar-refractivity contribution in [1.29, 1.82) is 5.26 Å². The Kier molecular flexibility index (Phi) is 2.20. The number of amides is 1. The van der Waals surface area contributed by atoms with Crippen molar-refractivity contribution in [3.05, 3.63) is 18.2 Å². The summed E-state index contributed by atoms with van der Waals surface area (Å²) >= 11 is 0. The summed E-state index contributed by atoms with van der Waals surface area (Å²) in [7, 11) is 0. The number of ether oxygens (including phenoxy) is 1. The van der Waals surface area contributed by atoms with Gasteiger partial charge in [0, 0.05) is 12.2 Å². The van der Waals surface area contributed by atoms with Gasteiger partial charge in [-0.05, 0) is 31.0 Å². The largest absolute Gasteiger partial charge is 0.482 e. The van der Waals surface area contributed by atoms with Crippen LogP contribution in [-0.2, 0) is 4.79 Å². The Hall–Kier alpha value is -2.22. The number of carbonyl (C=O) groups excluding carboxylic acids is 1. The molecule has 1 saturated carbocycles. The molecule has 5 heteroatoms. The van der Waals surface area contributed by atoms with Crippen molar-refractivity contribution in [2.45, 2.75) is 12.8 Å². The first-order valence-corrected chi connectivity index (χ1v) is 5.87. The van der Waals surface area contributed by atoms with E-state index < -0.39 is 0 Å². The molecule has 0 saturated heterocycles. The summed E-state index contributed by atoms with van der Waals surface area (Å²) in [6, 6.07) is 7.52. The molecule has 1 amide bonds. The molecule has 3 rings (SSSR count). The van der Waals surface area contributed by atoms with Gasteiger partial charge in [-0.15, -0.1) is 0 Å². The smallest absolute Gasteiger partial charge is 0.265 e. The average molecular weight is 243 g/mol. The van der Waals surface area contributed by atoms with Crippen LogP contribution < -0.4 is 15.4 Å². The fraction of sp³-hybridized carbons (Fsp3) is 0.385. The summed E-state index contributed by atoms with van der Waals surface area (Å²) in [4.78, 5) is 13.6. The Morgan fingerprint density at radius 3 is 2.94 bits per heavy atom. The lowest BCUT2D eigenvalue weighted by molar-refractivity contribution is -0.121. The van der Waals surface area contributed by atoms with Gasteiger partial charge >= 0.3 is 0 Å². The van der Waals surface area contributed by atoms with Gasteiger partial charge < -0.3 is 15.4 Å². The molecule has 5 nitrogen and oxygen atoms in total. The maximum Gasteiger partial charge on any atom is 0.265 e. The molecular weight excluding hydrogens is 230 g/mol. The number of hydrogen-bond acceptors (Lipinski definition) is 4. The lowest BCUT2D eigenvalue weighted by Gasteiger charge is -2.30. The van der Waals surface area contributed by atoms with Crippen molar-refractivity contribution >= 4 is 17.3 Å². The molecule has 18 heavy (non-hydrogen) atoms. The highest BCUT2D eigenvalue weighted by atomic mass is 16.5. The molecule has 2 aliphatic rings. The SMILES string of the molecule is N#CC1(CN2C(=O)COc3ccc(N)cc32)CC1. The van der Waals surface area contributed by atoms with Crippen molar-refractivity contribution < 1.29 is 9.53 Å². The molecule has 0 bridgehead atoms. The van der Waals surface area contributed by atoms with Gasteiger partial charge in [-0.3, -0.25) is 4.79 Å². The van der Waals surface area contributed by atoms with Crippen molar-refractivity contribution in [2.75, 3.05) is 23.8 Å². The molecule has 0 aromatic heterocycles. The predicted octanol–water partition coefficient (Wildman–Crippen LogP) is 1.30. The zero-order valence-corrected chi connectivity index (χ0v) is 9.85. The maximum absolute atomic E-state index is 11.9. The van der Waals surface area contributed by atoms with Crippen LogP contribution in [0.1, 0.15) is 12.8 Å². The van der Waals surface area contributed by atoms with Crippen LogP contribution in [-0.4, -0.2) is 19.1 Å². The highest BCUT2D eigenvalue weighted by Crippen LogP contribution is 2.47. The normalized spacial score (nSPS) is 19.7. The van der Waals surface area contributed by atoms with Gasteiger partial charge in [-0.25, -0.2) is 0 Å². The van der Waals surface area contributed by atoms with E-state index in [0.29, 0.717) is 23.7 Å². The molecule has 1 aromatic rings. The first-order chi connectivity index (χ1) is 8.63. The molecule has 0 atom stereocenters. The highest BCUT2D eigenvalue weighted by Gasteiger charge is 2.46. The third kappa shape index (κ3) is 1.66. The second-order valence-corrected chi connectivity index (χ2v) is 4.89. The summed E-state index contributed by atoms with van der Waals surface area (Å²) < 4.78 is 5.36. The summed E-state index contributed by atoms with van der Waals surface area (Å²) in [5.74, 6) is 0.534. The van der Waals surface area contributed by atoms with Gasteiger partial charge in [0.25, 0.3) is 5.91 Å². The van der Waals surface area contributed by atoms with Crippen LogP contribution >= 0.6 is 0 Å². The van der Waals surface area contributed by atoms with Gasteiger partial charge in [0.1, 0.15) is 5.75 Å². The number of hydrogen-bond donors (Lipinski definition) is 1. The Labute approximate surface area is 105 Å². The van der Waals surface area contributed by atoms with Gasteiger partial charge in [0.05, 0.1) is 17.2 Å². The first-order valence-electron chi connectivity index (χ1n) is 5.87. The summed E-state index contributed by atoms with van der Waals surface area (Å²) in [6.07, 6.45) is 1.71. The molecule has 0 unspecified atom stereocenters. The highest BCUT2D eigenvalue weighted by molar-refractivity contribution is 5.98. The predicted molar refractivity (Wildman–Crippen MR) is 66.0 cm³/mol. The molecule has 1 aliphatic heterocycles. The quantitative estimate of drug-likeness (QED) is 0.794. The van der Waals surface area contributed by atoms with Crippen molar-refractivity contribution in [2.24, 2.45) is 5.41 Å². The number of nitriles is 1. The number of fused-ring (bicyclic) bond motifs is 1. The van der Waals surface area contributed by atoms with Crippen molar-refractivity contribution in [3.63, 3.8) is 0 Å². The van der Waals surface area contributed by atoms with Crippen LogP contribution in [0, 0.1) is 16.7 Å². The van der Waals surface area contributed by atoms with E-state index in [1.807, 2.05) is 0 Å². The van der Waals surface area contributed by atoms with Crippen LogP contribution in [0.3, 0.4) is 0 Å². The molecule has 0 radical (unpaired) electrons. The van der Waals surface area contributed by atoms with Crippen molar-refractivity contribution in [3.8, 4) is 11.8 Å². The monoisotopic (exact) mass is 243 g/mol. The number of nitrogens with zero attached hydrogens (tertiary/aromatic N) is 2. The van der Waals surface area contributed by atoms with Crippen LogP contribution in [0.25, 0.3) is 0 Å². The fourth-order valence-electron chi connectivity index (χ4n) is 2.15. The third-order valence-corrected chi connectivity index (χ3v) is 3.48.